The summed E-state index contributed by atoms with van der Waals surface area (Å²) in [5, 5.41) is 0. The van der Waals surface area contributed by atoms with Crippen LogP contribution < -0.4 is 16.2 Å². The van der Waals surface area contributed by atoms with Gasteiger partial charge in [-0.3, -0.25) is 9.59 Å². The van der Waals surface area contributed by atoms with Crippen LogP contribution in [0.4, 0.5) is 5.69 Å². The van der Waals surface area contributed by atoms with Crippen molar-refractivity contribution in [2.75, 3.05) is 32.1 Å². The predicted octanol–water partition coefficient (Wildman–Crippen LogP) is -0.640. The summed E-state index contributed by atoms with van der Waals surface area (Å²) in [7, 11) is 0. The van der Waals surface area contributed by atoms with E-state index in [-0.39, 0.29) is 19.1 Å². The molecule has 7 nitrogen and oxygen atoms in total. The quantitative estimate of drug-likeness (QED) is 0.713. The van der Waals surface area contributed by atoms with Gasteiger partial charge in [0.15, 0.2) is 6.61 Å². The molecule has 1 atom stereocenters. The molecule has 1 aromatic rings. The minimum atomic E-state index is -0.730. The number of amides is 2. The number of carbonyl (C=O) groups excluding carboxylic acids is 2. The van der Waals surface area contributed by atoms with E-state index >= 15 is 0 Å². The summed E-state index contributed by atoms with van der Waals surface area (Å²) in [6.45, 7) is 0.686. The lowest BCUT2D eigenvalue weighted by atomic mass is 10.2. The molecule has 1 aromatic carbocycles. The summed E-state index contributed by atoms with van der Waals surface area (Å²) in [6, 6.07) is 5.98. The van der Waals surface area contributed by atoms with Gasteiger partial charge in [-0.15, -0.1) is 0 Å². The molecule has 1 aliphatic rings. The van der Waals surface area contributed by atoms with Gasteiger partial charge < -0.3 is 25.8 Å². The molecular formula is C13H17N3O4. The highest BCUT2D eigenvalue weighted by molar-refractivity contribution is 5.87. The van der Waals surface area contributed by atoms with E-state index in [0.717, 1.165) is 0 Å². The topological polar surface area (TPSA) is 108 Å². The average Bonchev–Trinajstić information content (AvgIpc) is 2.46. The number of benzene rings is 1. The number of morpholine rings is 1. The van der Waals surface area contributed by atoms with E-state index < -0.39 is 11.9 Å². The fourth-order valence-corrected chi connectivity index (χ4v) is 1.93. The fourth-order valence-electron chi connectivity index (χ4n) is 1.93. The summed E-state index contributed by atoms with van der Waals surface area (Å²) < 4.78 is 10.5. The number of anilines is 1. The minimum absolute atomic E-state index is 0.128. The Morgan fingerprint density at radius 3 is 2.70 bits per heavy atom. The lowest BCUT2D eigenvalue weighted by Crippen LogP contribution is -2.55. The number of nitrogens with two attached hydrogens (primary N) is 2. The molecule has 0 bridgehead atoms. The Labute approximate surface area is 116 Å². The maximum Gasteiger partial charge on any atom is 0.261 e. The van der Waals surface area contributed by atoms with Gasteiger partial charge in [-0.1, -0.05) is 0 Å². The highest BCUT2D eigenvalue weighted by atomic mass is 16.5. The number of rotatable bonds is 4. The van der Waals surface area contributed by atoms with E-state index in [0.29, 0.717) is 24.6 Å². The molecule has 2 rings (SSSR count). The molecule has 20 heavy (non-hydrogen) atoms. The van der Waals surface area contributed by atoms with Gasteiger partial charge in [-0.25, -0.2) is 0 Å². The Morgan fingerprint density at radius 2 is 2.05 bits per heavy atom. The number of hydrogen-bond acceptors (Lipinski definition) is 5. The molecule has 108 valence electrons. The van der Waals surface area contributed by atoms with Crippen LogP contribution in [0.2, 0.25) is 0 Å². The molecule has 7 heteroatoms. The van der Waals surface area contributed by atoms with Crippen molar-refractivity contribution in [3.63, 3.8) is 0 Å². The Kier molecular flexibility index (Phi) is 4.41. The van der Waals surface area contributed by atoms with E-state index in [1.54, 1.807) is 24.3 Å². The highest BCUT2D eigenvalue weighted by Gasteiger charge is 2.31. The molecule has 1 aliphatic heterocycles. The number of carbonyl (C=O) groups is 2. The van der Waals surface area contributed by atoms with E-state index in [1.807, 2.05) is 0 Å². The van der Waals surface area contributed by atoms with Gasteiger partial charge >= 0.3 is 0 Å². The number of nitrogens with zero attached hydrogens (tertiary/aromatic N) is 1. The molecule has 0 radical (unpaired) electrons. The van der Waals surface area contributed by atoms with Crippen LogP contribution in [0.3, 0.4) is 0 Å². The van der Waals surface area contributed by atoms with Gasteiger partial charge in [0, 0.05) is 12.2 Å². The van der Waals surface area contributed by atoms with Crippen LogP contribution in [0.15, 0.2) is 24.3 Å². The maximum absolute atomic E-state index is 12.1. The Bertz CT molecular complexity index is 489. The standard InChI is InChI=1S/C13H17N3O4/c14-9-1-3-10(4-2-9)20-8-12(17)16-5-6-19-7-11(16)13(15)18/h1-4,11H,5-8,14H2,(H2,15,18). The molecule has 1 heterocycles. The third-order valence-corrected chi connectivity index (χ3v) is 3.02. The van der Waals surface area contributed by atoms with Crippen LogP contribution in [0.25, 0.3) is 0 Å². The van der Waals surface area contributed by atoms with Gasteiger partial charge in [0.25, 0.3) is 5.91 Å². The smallest absolute Gasteiger partial charge is 0.261 e. The summed E-state index contributed by atoms with van der Waals surface area (Å²) >= 11 is 0. The number of primary amides is 1. The zero-order valence-electron chi connectivity index (χ0n) is 11.0. The second-order valence-corrected chi connectivity index (χ2v) is 4.44. The summed E-state index contributed by atoms with van der Waals surface area (Å²) in [5.74, 6) is -0.337. The minimum Gasteiger partial charge on any atom is -0.484 e. The van der Waals surface area contributed by atoms with Crippen LogP contribution in [-0.4, -0.2) is 49.1 Å². The second-order valence-electron chi connectivity index (χ2n) is 4.44. The lowest BCUT2D eigenvalue weighted by molar-refractivity contribution is -0.148. The largest absolute Gasteiger partial charge is 0.484 e. The molecule has 0 saturated carbocycles. The summed E-state index contributed by atoms with van der Waals surface area (Å²) in [4.78, 5) is 24.7. The zero-order chi connectivity index (χ0) is 14.5. The molecular weight excluding hydrogens is 262 g/mol. The average molecular weight is 279 g/mol. The van der Waals surface area contributed by atoms with Crippen molar-refractivity contribution >= 4 is 17.5 Å². The van der Waals surface area contributed by atoms with Crippen molar-refractivity contribution in [1.82, 2.24) is 4.90 Å². The van der Waals surface area contributed by atoms with Gasteiger partial charge in [-0.05, 0) is 24.3 Å². The van der Waals surface area contributed by atoms with Crippen molar-refractivity contribution < 1.29 is 19.1 Å². The number of ether oxygens (including phenoxy) is 2. The molecule has 1 unspecified atom stereocenters. The first-order valence-electron chi connectivity index (χ1n) is 6.23. The first-order chi connectivity index (χ1) is 9.58. The molecule has 4 N–H and O–H groups in total. The maximum atomic E-state index is 12.1. The van der Waals surface area contributed by atoms with Crippen molar-refractivity contribution in [1.29, 1.82) is 0 Å². The van der Waals surface area contributed by atoms with E-state index in [2.05, 4.69) is 0 Å². The monoisotopic (exact) mass is 279 g/mol. The fraction of sp³-hybridized carbons (Fsp3) is 0.385. The van der Waals surface area contributed by atoms with Crippen molar-refractivity contribution in [3.8, 4) is 5.75 Å². The SMILES string of the molecule is NC(=O)C1COCCN1C(=O)COc1ccc(N)cc1. The number of nitrogen functional groups attached to an aromatic ring is 1. The molecule has 1 saturated heterocycles. The first-order valence-corrected chi connectivity index (χ1v) is 6.23. The normalized spacial score (nSPS) is 18.6. The number of hydrogen-bond donors (Lipinski definition) is 2. The second kappa shape index (κ2) is 6.25. The van der Waals surface area contributed by atoms with Crippen LogP contribution in [0.5, 0.6) is 5.75 Å². The summed E-state index contributed by atoms with van der Waals surface area (Å²) in [6.07, 6.45) is 0. The van der Waals surface area contributed by atoms with E-state index in [4.69, 9.17) is 20.9 Å². The van der Waals surface area contributed by atoms with Crippen LogP contribution >= 0.6 is 0 Å². The van der Waals surface area contributed by atoms with Gasteiger partial charge in [-0.2, -0.15) is 0 Å². The molecule has 0 aliphatic carbocycles. The van der Waals surface area contributed by atoms with Crippen LogP contribution in [-0.2, 0) is 14.3 Å². The van der Waals surface area contributed by atoms with Crippen molar-refractivity contribution in [2.45, 2.75) is 6.04 Å². The van der Waals surface area contributed by atoms with Crippen LogP contribution in [0.1, 0.15) is 0 Å². The first kappa shape index (κ1) is 14.1. The lowest BCUT2D eigenvalue weighted by Gasteiger charge is -2.33. The van der Waals surface area contributed by atoms with Crippen LogP contribution in [0, 0.1) is 0 Å². The van der Waals surface area contributed by atoms with E-state index in [1.165, 1.54) is 4.90 Å². The van der Waals surface area contributed by atoms with Crippen molar-refractivity contribution in [3.05, 3.63) is 24.3 Å². The zero-order valence-corrected chi connectivity index (χ0v) is 11.0. The van der Waals surface area contributed by atoms with Gasteiger partial charge in [0.2, 0.25) is 5.91 Å². The Hall–Kier alpha value is -2.28. The molecule has 0 aromatic heterocycles. The third-order valence-electron chi connectivity index (χ3n) is 3.02. The predicted molar refractivity (Wildman–Crippen MR) is 71.9 cm³/mol. The Morgan fingerprint density at radius 1 is 1.35 bits per heavy atom. The van der Waals surface area contributed by atoms with E-state index in [9.17, 15) is 9.59 Å². The van der Waals surface area contributed by atoms with Crippen molar-refractivity contribution in [2.24, 2.45) is 5.73 Å². The molecule has 0 spiro atoms. The van der Waals surface area contributed by atoms with Gasteiger partial charge in [0.1, 0.15) is 11.8 Å². The highest BCUT2D eigenvalue weighted by Crippen LogP contribution is 2.14. The Balaban J connectivity index is 1.93. The molecule has 1 fully saturated rings. The van der Waals surface area contributed by atoms with Gasteiger partial charge in [0.05, 0.1) is 13.2 Å². The summed E-state index contributed by atoms with van der Waals surface area (Å²) in [5.41, 5.74) is 11.4. The molecule has 2 amide bonds. The third kappa shape index (κ3) is 3.39.